The van der Waals surface area contributed by atoms with Gasteiger partial charge in [-0.15, -0.1) is 0 Å². The van der Waals surface area contributed by atoms with Crippen LogP contribution in [-0.4, -0.2) is 33.9 Å². The maximum Gasteiger partial charge on any atom is 0.144 e. The Morgan fingerprint density at radius 3 is 2.83 bits per heavy atom. The van der Waals surface area contributed by atoms with Crippen molar-refractivity contribution in [3.8, 4) is 22.8 Å². The van der Waals surface area contributed by atoms with E-state index in [9.17, 15) is 0 Å². The van der Waals surface area contributed by atoms with Crippen molar-refractivity contribution < 1.29 is 9.47 Å². The van der Waals surface area contributed by atoms with Crippen LogP contribution in [0.25, 0.3) is 17.1 Å². The lowest BCUT2D eigenvalue weighted by Crippen LogP contribution is -2.17. The number of imidazole rings is 1. The summed E-state index contributed by atoms with van der Waals surface area (Å²) < 4.78 is 13.7. The Morgan fingerprint density at radius 2 is 2.00 bits per heavy atom. The molecular formula is C19H19N3O2. The Hall–Kier alpha value is -2.66. The van der Waals surface area contributed by atoms with E-state index in [1.54, 1.807) is 18.6 Å². The Balaban J connectivity index is 1.64. The van der Waals surface area contributed by atoms with Crippen LogP contribution in [-0.2, 0) is 4.74 Å². The maximum atomic E-state index is 6.05. The van der Waals surface area contributed by atoms with Crippen molar-refractivity contribution in [2.45, 2.75) is 18.9 Å². The predicted octanol–water partition coefficient (Wildman–Crippen LogP) is 3.49. The number of rotatable bonds is 5. The number of nitrogens with zero attached hydrogens (tertiary/aromatic N) is 3. The minimum Gasteiger partial charge on any atom is -0.489 e. The summed E-state index contributed by atoms with van der Waals surface area (Å²) in [4.78, 5) is 8.57. The first kappa shape index (κ1) is 14.9. The molecule has 2 aromatic heterocycles. The first-order valence-electron chi connectivity index (χ1n) is 8.19. The average Bonchev–Trinajstić information content (AvgIpc) is 3.33. The second-order valence-corrected chi connectivity index (χ2v) is 5.77. The van der Waals surface area contributed by atoms with Gasteiger partial charge >= 0.3 is 0 Å². The van der Waals surface area contributed by atoms with Gasteiger partial charge in [-0.3, -0.25) is 9.55 Å². The fourth-order valence-corrected chi connectivity index (χ4v) is 2.95. The van der Waals surface area contributed by atoms with Crippen molar-refractivity contribution in [2.75, 3.05) is 13.2 Å². The quantitative estimate of drug-likeness (QED) is 0.722. The van der Waals surface area contributed by atoms with E-state index < -0.39 is 0 Å². The number of para-hydroxylation sites is 2. The molecule has 0 N–H and O–H groups in total. The Morgan fingerprint density at radius 1 is 1.12 bits per heavy atom. The molecule has 0 amide bonds. The van der Waals surface area contributed by atoms with Gasteiger partial charge in [0, 0.05) is 37.0 Å². The molecule has 5 nitrogen and oxygen atoms in total. The molecule has 1 saturated heterocycles. The highest BCUT2D eigenvalue weighted by Gasteiger charge is 2.17. The second-order valence-electron chi connectivity index (χ2n) is 5.77. The zero-order chi connectivity index (χ0) is 16.2. The number of ether oxygens (including phenoxy) is 2. The van der Waals surface area contributed by atoms with Gasteiger partial charge in [-0.2, -0.15) is 0 Å². The van der Waals surface area contributed by atoms with Crippen molar-refractivity contribution in [2.24, 2.45) is 0 Å². The average molecular weight is 321 g/mol. The van der Waals surface area contributed by atoms with E-state index in [0.717, 1.165) is 42.3 Å². The van der Waals surface area contributed by atoms with Gasteiger partial charge in [-0.25, -0.2) is 4.98 Å². The third-order valence-electron chi connectivity index (χ3n) is 4.15. The molecule has 4 rings (SSSR count). The molecule has 1 fully saturated rings. The van der Waals surface area contributed by atoms with Gasteiger partial charge in [0.1, 0.15) is 18.2 Å². The molecule has 0 saturated carbocycles. The summed E-state index contributed by atoms with van der Waals surface area (Å²) in [5.74, 6) is 1.70. The largest absolute Gasteiger partial charge is 0.489 e. The van der Waals surface area contributed by atoms with Crippen LogP contribution in [0.3, 0.4) is 0 Å². The summed E-state index contributed by atoms with van der Waals surface area (Å²) in [5, 5.41) is 0. The summed E-state index contributed by atoms with van der Waals surface area (Å²) in [5.41, 5.74) is 1.99. The van der Waals surface area contributed by atoms with Crippen LogP contribution in [0.5, 0.6) is 5.75 Å². The predicted molar refractivity (Wildman–Crippen MR) is 91.3 cm³/mol. The van der Waals surface area contributed by atoms with Gasteiger partial charge < -0.3 is 9.47 Å². The number of aromatic nitrogens is 3. The Kier molecular flexibility index (Phi) is 4.25. The highest BCUT2D eigenvalue weighted by atomic mass is 16.5. The summed E-state index contributed by atoms with van der Waals surface area (Å²) in [6.45, 7) is 1.42. The molecular weight excluding hydrogens is 302 g/mol. The lowest BCUT2D eigenvalue weighted by Gasteiger charge is -2.16. The third-order valence-corrected chi connectivity index (χ3v) is 4.15. The molecule has 1 aromatic carbocycles. The number of pyridine rings is 1. The standard InChI is InChI=1S/C19H19N3O2/c1-2-6-18(24-14-16-4-3-13-23-16)17(5-1)22-12-11-21-19(22)15-7-9-20-10-8-15/h1-2,5-12,16H,3-4,13-14H2/t16-/m1/s1. The molecule has 3 heterocycles. The minimum absolute atomic E-state index is 0.195. The molecule has 0 radical (unpaired) electrons. The van der Waals surface area contributed by atoms with E-state index in [1.165, 1.54) is 0 Å². The highest BCUT2D eigenvalue weighted by molar-refractivity contribution is 5.60. The first-order chi connectivity index (χ1) is 11.9. The van der Waals surface area contributed by atoms with E-state index in [1.807, 2.05) is 47.2 Å². The molecule has 1 aliphatic heterocycles. The van der Waals surface area contributed by atoms with Crippen LogP contribution in [0.2, 0.25) is 0 Å². The summed E-state index contributed by atoms with van der Waals surface area (Å²) in [6, 6.07) is 11.9. The van der Waals surface area contributed by atoms with E-state index in [4.69, 9.17) is 9.47 Å². The van der Waals surface area contributed by atoms with Crippen LogP contribution in [0.15, 0.2) is 61.2 Å². The second kappa shape index (κ2) is 6.84. The molecule has 0 aliphatic carbocycles. The van der Waals surface area contributed by atoms with E-state index >= 15 is 0 Å². The Bertz CT molecular complexity index is 795. The molecule has 0 spiro atoms. The zero-order valence-electron chi connectivity index (χ0n) is 13.3. The summed E-state index contributed by atoms with van der Waals surface area (Å²) in [7, 11) is 0. The summed E-state index contributed by atoms with van der Waals surface area (Å²) >= 11 is 0. The van der Waals surface area contributed by atoms with Crippen LogP contribution < -0.4 is 4.74 Å². The van der Waals surface area contributed by atoms with Crippen LogP contribution in [0, 0.1) is 0 Å². The molecule has 0 bridgehead atoms. The smallest absolute Gasteiger partial charge is 0.144 e. The zero-order valence-corrected chi connectivity index (χ0v) is 13.3. The van der Waals surface area contributed by atoms with Gasteiger partial charge in [-0.05, 0) is 37.1 Å². The normalized spacial score (nSPS) is 17.1. The molecule has 5 heteroatoms. The lowest BCUT2D eigenvalue weighted by molar-refractivity contribution is 0.0679. The first-order valence-corrected chi connectivity index (χ1v) is 8.19. The van der Waals surface area contributed by atoms with Gasteiger partial charge in [-0.1, -0.05) is 12.1 Å². The van der Waals surface area contributed by atoms with Crippen LogP contribution in [0.4, 0.5) is 0 Å². The summed E-state index contributed by atoms with van der Waals surface area (Å²) in [6.07, 6.45) is 9.67. The van der Waals surface area contributed by atoms with Crippen molar-refractivity contribution in [1.29, 1.82) is 0 Å². The molecule has 24 heavy (non-hydrogen) atoms. The molecule has 122 valence electrons. The molecule has 0 unspecified atom stereocenters. The number of hydrogen-bond donors (Lipinski definition) is 0. The fraction of sp³-hybridized carbons (Fsp3) is 0.263. The number of benzene rings is 1. The van der Waals surface area contributed by atoms with E-state index in [-0.39, 0.29) is 6.10 Å². The lowest BCUT2D eigenvalue weighted by atomic mass is 10.2. The monoisotopic (exact) mass is 321 g/mol. The van der Waals surface area contributed by atoms with Gasteiger partial charge in [0.05, 0.1) is 11.8 Å². The number of hydrogen-bond acceptors (Lipinski definition) is 4. The SMILES string of the molecule is c1ccc(-n2ccnc2-c2ccncc2)c(OC[C@H]2CCCO2)c1. The molecule has 3 aromatic rings. The minimum atomic E-state index is 0.195. The van der Waals surface area contributed by atoms with Crippen LogP contribution in [0.1, 0.15) is 12.8 Å². The maximum absolute atomic E-state index is 6.05. The molecule has 1 atom stereocenters. The van der Waals surface area contributed by atoms with Gasteiger partial charge in [0.25, 0.3) is 0 Å². The third kappa shape index (κ3) is 3.03. The van der Waals surface area contributed by atoms with Crippen molar-refractivity contribution >= 4 is 0 Å². The van der Waals surface area contributed by atoms with Crippen molar-refractivity contribution in [3.63, 3.8) is 0 Å². The fourth-order valence-electron chi connectivity index (χ4n) is 2.95. The van der Waals surface area contributed by atoms with Crippen molar-refractivity contribution in [3.05, 3.63) is 61.2 Å². The highest BCUT2D eigenvalue weighted by Crippen LogP contribution is 2.28. The molecule has 1 aliphatic rings. The van der Waals surface area contributed by atoms with E-state index in [2.05, 4.69) is 9.97 Å². The van der Waals surface area contributed by atoms with E-state index in [0.29, 0.717) is 6.61 Å². The van der Waals surface area contributed by atoms with Crippen LogP contribution >= 0.6 is 0 Å². The van der Waals surface area contributed by atoms with Gasteiger partial charge in [0.15, 0.2) is 0 Å². The van der Waals surface area contributed by atoms with Crippen molar-refractivity contribution in [1.82, 2.24) is 14.5 Å². The topological polar surface area (TPSA) is 49.2 Å². The van der Waals surface area contributed by atoms with Gasteiger partial charge in [0.2, 0.25) is 0 Å². The Labute approximate surface area is 140 Å².